The lowest BCUT2D eigenvalue weighted by atomic mass is 9.96. The monoisotopic (exact) mass is 489 g/mol. The highest BCUT2D eigenvalue weighted by Gasteiger charge is 2.37. The van der Waals surface area contributed by atoms with Crippen molar-refractivity contribution in [2.45, 2.75) is 106 Å². The van der Waals surface area contributed by atoms with Crippen molar-refractivity contribution in [3.05, 3.63) is 34.9 Å². The first-order valence-electron chi connectivity index (χ1n) is 13.0. The Morgan fingerprint density at radius 1 is 1.00 bits per heavy atom. The molecule has 2 unspecified atom stereocenters. The van der Waals surface area contributed by atoms with Crippen molar-refractivity contribution in [1.82, 2.24) is 15.5 Å². The van der Waals surface area contributed by atoms with Crippen molar-refractivity contribution in [1.29, 1.82) is 0 Å². The number of nitrogens with zero attached hydrogens (tertiary/aromatic N) is 1. The van der Waals surface area contributed by atoms with Crippen molar-refractivity contribution < 1.29 is 19.1 Å². The molecule has 0 aliphatic heterocycles. The molecule has 7 heteroatoms. The lowest BCUT2D eigenvalue weighted by Gasteiger charge is -2.35. The molecule has 0 fully saturated rings. The van der Waals surface area contributed by atoms with Crippen molar-refractivity contribution >= 4 is 17.9 Å². The summed E-state index contributed by atoms with van der Waals surface area (Å²) in [6.45, 7) is 18.1. The molecule has 0 saturated heterocycles. The van der Waals surface area contributed by atoms with Crippen LogP contribution in [0.2, 0.25) is 0 Å². The number of benzene rings is 1. The van der Waals surface area contributed by atoms with Crippen LogP contribution in [0.4, 0.5) is 4.79 Å². The molecule has 0 heterocycles. The number of alkyl carbamates (subject to hydrolysis) is 1. The fraction of sp³-hybridized carbons (Fsp3) is 0.679. The Kier molecular flexibility index (Phi) is 12.3. The molecule has 7 nitrogen and oxygen atoms in total. The maximum Gasteiger partial charge on any atom is 0.408 e. The number of unbranched alkanes of at least 4 members (excludes halogenated alkanes) is 2. The van der Waals surface area contributed by atoms with Gasteiger partial charge in [0.15, 0.2) is 0 Å². The first-order valence-corrected chi connectivity index (χ1v) is 13.0. The number of amides is 3. The molecule has 0 spiro atoms. The summed E-state index contributed by atoms with van der Waals surface area (Å²) in [5.41, 5.74) is 2.26. The Bertz CT molecular complexity index is 845. The average molecular weight is 490 g/mol. The van der Waals surface area contributed by atoms with Gasteiger partial charge in [0.25, 0.3) is 0 Å². The van der Waals surface area contributed by atoms with Gasteiger partial charge in [0.2, 0.25) is 11.8 Å². The van der Waals surface area contributed by atoms with Crippen LogP contribution in [0.5, 0.6) is 0 Å². The van der Waals surface area contributed by atoms with Crippen LogP contribution in [0.25, 0.3) is 0 Å². The molecule has 0 bridgehead atoms. The van der Waals surface area contributed by atoms with Crippen LogP contribution < -0.4 is 10.6 Å². The first kappa shape index (κ1) is 30.5. The second-order valence-electron chi connectivity index (χ2n) is 10.6. The summed E-state index contributed by atoms with van der Waals surface area (Å²) in [6.07, 6.45) is 3.00. The van der Waals surface area contributed by atoms with Gasteiger partial charge >= 0.3 is 6.09 Å². The van der Waals surface area contributed by atoms with E-state index in [2.05, 4.69) is 17.6 Å². The van der Waals surface area contributed by atoms with Crippen molar-refractivity contribution in [3.63, 3.8) is 0 Å². The quantitative estimate of drug-likeness (QED) is 0.383. The maximum atomic E-state index is 13.9. The van der Waals surface area contributed by atoms with E-state index in [0.29, 0.717) is 19.5 Å². The topological polar surface area (TPSA) is 87.7 Å². The van der Waals surface area contributed by atoms with Gasteiger partial charge in [0.05, 0.1) is 0 Å². The van der Waals surface area contributed by atoms with Gasteiger partial charge in [-0.15, -0.1) is 0 Å². The summed E-state index contributed by atoms with van der Waals surface area (Å²) in [5, 5.41) is 5.79. The minimum absolute atomic E-state index is 0.192. The predicted molar refractivity (Wildman–Crippen MR) is 141 cm³/mol. The van der Waals surface area contributed by atoms with Gasteiger partial charge in [0, 0.05) is 13.1 Å². The summed E-state index contributed by atoms with van der Waals surface area (Å²) in [4.78, 5) is 41.6. The van der Waals surface area contributed by atoms with Gasteiger partial charge in [-0.25, -0.2) is 4.79 Å². The molecule has 1 aromatic carbocycles. The molecule has 2 N–H and O–H groups in total. The van der Waals surface area contributed by atoms with Crippen LogP contribution in [-0.4, -0.2) is 47.5 Å². The highest BCUT2D eigenvalue weighted by Crippen LogP contribution is 2.26. The van der Waals surface area contributed by atoms with Crippen LogP contribution >= 0.6 is 0 Å². The third-order valence-electron chi connectivity index (χ3n) is 5.84. The van der Waals surface area contributed by atoms with Gasteiger partial charge in [-0.2, -0.15) is 0 Å². The Balaban J connectivity index is 3.37. The molecule has 0 radical (unpaired) electrons. The highest BCUT2D eigenvalue weighted by molar-refractivity contribution is 5.92. The van der Waals surface area contributed by atoms with E-state index < -0.39 is 23.8 Å². The lowest BCUT2D eigenvalue weighted by Crippen LogP contribution is -2.55. The number of carbonyl (C=O) groups excluding carboxylic acids is 3. The Morgan fingerprint density at radius 2 is 1.66 bits per heavy atom. The minimum Gasteiger partial charge on any atom is -0.444 e. The van der Waals surface area contributed by atoms with E-state index in [4.69, 9.17) is 4.74 Å². The number of hydrogen-bond donors (Lipinski definition) is 2. The summed E-state index contributed by atoms with van der Waals surface area (Å²) >= 11 is 0. The first-order chi connectivity index (χ1) is 16.3. The number of ether oxygens (including phenoxy) is 1. The van der Waals surface area contributed by atoms with E-state index in [1.165, 1.54) is 0 Å². The molecule has 3 amide bonds. The average Bonchev–Trinajstić information content (AvgIpc) is 2.75. The Labute approximate surface area is 212 Å². The van der Waals surface area contributed by atoms with Crippen molar-refractivity contribution in [2.24, 2.45) is 5.92 Å². The number of nitrogens with one attached hydrogen (secondary N) is 2. The smallest absolute Gasteiger partial charge is 0.408 e. The van der Waals surface area contributed by atoms with Crippen LogP contribution in [-0.2, 0) is 14.3 Å². The van der Waals surface area contributed by atoms with Gasteiger partial charge in [-0.1, -0.05) is 58.7 Å². The number of hydrogen-bond acceptors (Lipinski definition) is 4. The van der Waals surface area contributed by atoms with Gasteiger partial charge in [-0.3, -0.25) is 9.59 Å². The number of carbonyl (C=O) groups is 3. The predicted octanol–water partition coefficient (Wildman–Crippen LogP) is 5.44. The molecule has 0 aliphatic rings. The largest absolute Gasteiger partial charge is 0.444 e. The molecule has 1 rings (SSSR count). The molecule has 0 saturated carbocycles. The Hall–Kier alpha value is -2.57. The zero-order valence-corrected chi connectivity index (χ0v) is 23.3. The fourth-order valence-electron chi connectivity index (χ4n) is 3.82. The minimum atomic E-state index is -0.821. The molecule has 35 heavy (non-hydrogen) atoms. The van der Waals surface area contributed by atoms with Crippen LogP contribution in [0, 0.1) is 19.8 Å². The SMILES string of the molecule is CCCCCNC(=O)C(c1ccc(C)c(C)c1)N(CCC)C(=O)C(NC(=O)OC(C)(C)C)C(C)C. The van der Waals surface area contributed by atoms with Crippen molar-refractivity contribution in [2.75, 3.05) is 13.1 Å². The molecule has 2 atom stereocenters. The third kappa shape index (κ3) is 9.90. The van der Waals surface area contributed by atoms with Crippen LogP contribution in [0.15, 0.2) is 18.2 Å². The third-order valence-corrected chi connectivity index (χ3v) is 5.84. The molecule has 1 aromatic rings. The van der Waals surface area contributed by atoms with E-state index in [1.54, 1.807) is 25.7 Å². The van der Waals surface area contributed by atoms with Crippen LogP contribution in [0.3, 0.4) is 0 Å². The van der Waals surface area contributed by atoms with Gasteiger partial charge in [-0.05, 0) is 70.1 Å². The lowest BCUT2D eigenvalue weighted by molar-refractivity contribution is -0.143. The molecule has 0 aromatic heterocycles. The zero-order chi connectivity index (χ0) is 26.8. The van der Waals surface area contributed by atoms with Crippen LogP contribution in [0.1, 0.15) is 96.9 Å². The van der Waals surface area contributed by atoms with Crippen molar-refractivity contribution in [3.8, 4) is 0 Å². The Morgan fingerprint density at radius 3 is 2.17 bits per heavy atom. The summed E-state index contributed by atoms with van der Waals surface area (Å²) in [6, 6.07) is 4.27. The number of rotatable bonds is 12. The summed E-state index contributed by atoms with van der Waals surface area (Å²) in [7, 11) is 0. The summed E-state index contributed by atoms with van der Waals surface area (Å²) < 4.78 is 5.41. The van der Waals surface area contributed by atoms with E-state index in [0.717, 1.165) is 36.0 Å². The zero-order valence-electron chi connectivity index (χ0n) is 23.3. The summed E-state index contributed by atoms with van der Waals surface area (Å²) in [5.74, 6) is -0.687. The normalized spacial score (nSPS) is 13.2. The molecular weight excluding hydrogens is 442 g/mol. The molecular formula is C28H47N3O4. The van der Waals surface area contributed by atoms with E-state index in [9.17, 15) is 14.4 Å². The van der Waals surface area contributed by atoms with Gasteiger partial charge in [0.1, 0.15) is 17.7 Å². The van der Waals surface area contributed by atoms with E-state index in [-0.39, 0.29) is 17.7 Å². The second-order valence-corrected chi connectivity index (χ2v) is 10.6. The maximum absolute atomic E-state index is 13.9. The fourth-order valence-corrected chi connectivity index (χ4v) is 3.82. The van der Waals surface area contributed by atoms with E-state index in [1.807, 2.05) is 52.8 Å². The van der Waals surface area contributed by atoms with E-state index >= 15 is 0 Å². The number of aryl methyl sites for hydroxylation is 2. The van der Waals surface area contributed by atoms with Gasteiger partial charge < -0.3 is 20.3 Å². The molecule has 198 valence electrons. The standard InChI is InChI=1S/C28H47N3O4/c1-10-12-13-16-29-25(32)24(22-15-14-20(5)21(6)18-22)31(17-11-2)26(33)23(19(3)4)30-27(34)35-28(7,8)9/h14-15,18-19,23-24H,10-13,16-17H2,1-9H3,(H,29,32)(H,30,34). The molecule has 0 aliphatic carbocycles. The second kappa shape index (κ2) is 14.1. The highest BCUT2D eigenvalue weighted by atomic mass is 16.6.